The van der Waals surface area contributed by atoms with Crippen LogP contribution in [0.4, 0.5) is 4.79 Å². The van der Waals surface area contributed by atoms with Crippen molar-refractivity contribution >= 4 is 94.4 Å². The summed E-state index contributed by atoms with van der Waals surface area (Å²) < 4.78 is 5.40. The predicted molar refractivity (Wildman–Crippen MR) is 333 cm³/mol. The number of primary amides is 2. The number of carbonyl (C=O) groups excluding carboxylic acids is 11. The van der Waals surface area contributed by atoms with Crippen molar-refractivity contribution in [1.29, 1.82) is 0 Å². The van der Waals surface area contributed by atoms with E-state index in [1.54, 1.807) is 74.6 Å². The number of aromatic amines is 1. The maximum absolute atomic E-state index is 14.5. The number of aliphatic hydroxyl groups excluding tert-OH is 1. The average molecular weight is 1270 g/mol. The van der Waals surface area contributed by atoms with Gasteiger partial charge in [0.05, 0.1) is 19.6 Å². The molecule has 0 saturated carbocycles. The minimum Gasteiger partial charge on any atom is -0.508 e. The number of hydrogen-bond acceptors (Lipinski definition) is 15. The SMILES string of the molecule is CC(C)C[C@H](NC(=O)OCc1ccccc1)C(=O)N[C@@H](Cc1c[nH]c2ccccc12)C(=O)N[C@@H](CO)C(=O)N[C@@H](Cc1ccc(O)cc1)C(=O)N[C@H](CC(N)=O)C(=O)N[C@@H](CC(C)C)C(=O)N[C@@H](CCCN=C(N)N)C(=O)N1CCC[C@H]1C(=O)NCC(N)=O.Cl. The molecule has 29 nitrogen and oxygen atoms in total. The zero-order valence-corrected chi connectivity index (χ0v) is 51.5. The van der Waals surface area contributed by atoms with E-state index in [9.17, 15) is 63.0 Å². The van der Waals surface area contributed by atoms with Gasteiger partial charge in [-0.05, 0) is 85.3 Å². The molecule has 1 aromatic heterocycles. The van der Waals surface area contributed by atoms with Gasteiger partial charge in [-0.3, -0.25) is 52.9 Å². The van der Waals surface area contributed by atoms with Gasteiger partial charge >= 0.3 is 6.09 Å². The van der Waals surface area contributed by atoms with Crippen LogP contribution in [0.5, 0.6) is 5.75 Å². The van der Waals surface area contributed by atoms with Gasteiger partial charge in [-0.2, -0.15) is 0 Å². The number of ether oxygens (including phenoxy) is 1. The summed E-state index contributed by atoms with van der Waals surface area (Å²) in [6.07, 6.45) is 0.237. The third-order valence-corrected chi connectivity index (χ3v) is 14.3. The van der Waals surface area contributed by atoms with Gasteiger partial charge in [-0.1, -0.05) is 88.4 Å². The van der Waals surface area contributed by atoms with E-state index in [0.29, 0.717) is 34.0 Å². The number of rotatable bonds is 34. The Balaban J connectivity index is 0.0000173. The van der Waals surface area contributed by atoms with Crippen LogP contribution in [0, 0.1) is 11.8 Å². The summed E-state index contributed by atoms with van der Waals surface area (Å²) in [6.45, 7) is 5.68. The van der Waals surface area contributed by atoms with E-state index < -0.39 is 133 Å². The number of amides is 11. The lowest BCUT2D eigenvalue weighted by molar-refractivity contribution is -0.142. The number of fused-ring (bicyclic) bond motifs is 1. The fraction of sp³-hybridized carbons (Fsp3) is 0.467. The average Bonchev–Trinajstić information content (AvgIpc) is 2.61. The highest BCUT2D eigenvalue weighted by molar-refractivity contribution is 6.00. The third-order valence-electron chi connectivity index (χ3n) is 14.3. The van der Waals surface area contributed by atoms with Gasteiger partial charge in [0.25, 0.3) is 0 Å². The number of nitrogens with one attached hydrogen (secondary N) is 9. The molecule has 4 aromatic rings. The van der Waals surface area contributed by atoms with Crippen LogP contribution < -0.4 is 65.5 Å². The summed E-state index contributed by atoms with van der Waals surface area (Å²) in [5.41, 5.74) is 24.2. The first-order valence-corrected chi connectivity index (χ1v) is 29.3. The van der Waals surface area contributed by atoms with Crippen LogP contribution in [0.25, 0.3) is 10.9 Å². The van der Waals surface area contributed by atoms with Gasteiger partial charge in [0.2, 0.25) is 59.1 Å². The minimum atomic E-state index is -1.81. The lowest BCUT2D eigenvalue weighted by atomic mass is 10.0. The molecule has 90 heavy (non-hydrogen) atoms. The van der Waals surface area contributed by atoms with E-state index in [-0.39, 0.29) is 101 Å². The molecule has 0 bridgehead atoms. The molecule has 0 spiro atoms. The number of aromatic nitrogens is 1. The fourth-order valence-corrected chi connectivity index (χ4v) is 9.91. The van der Waals surface area contributed by atoms with E-state index in [2.05, 4.69) is 52.5 Å². The van der Waals surface area contributed by atoms with Crippen LogP contribution in [0.15, 0.2) is 90.1 Å². The first-order chi connectivity index (χ1) is 42.3. The number of aromatic hydroxyl groups is 1. The van der Waals surface area contributed by atoms with Gasteiger partial charge in [0, 0.05) is 43.0 Å². The van der Waals surface area contributed by atoms with E-state index in [0.717, 1.165) is 0 Å². The van der Waals surface area contributed by atoms with Gasteiger partial charge in [0.15, 0.2) is 5.96 Å². The highest BCUT2D eigenvalue weighted by atomic mass is 35.5. The van der Waals surface area contributed by atoms with E-state index in [1.165, 1.54) is 29.2 Å². The van der Waals surface area contributed by atoms with Crippen LogP contribution in [0.3, 0.4) is 0 Å². The number of phenolic OH excluding ortho intramolecular Hbond substituents is 1. The number of benzene rings is 3. The van der Waals surface area contributed by atoms with Gasteiger partial charge < -0.3 is 90.3 Å². The van der Waals surface area contributed by atoms with Gasteiger partial charge in [0.1, 0.15) is 60.7 Å². The quantitative estimate of drug-likeness (QED) is 0.0150. The van der Waals surface area contributed by atoms with Gasteiger partial charge in [-0.25, -0.2) is 4.79 Å². The summed E-state index contributed by atoms with van der Waals surface area (Å²) in [7, 11) is 0. The molecule has 0 unspecified atom stereocenters. The van der Waals surface area contributed by atoms with Crippen molar-refractivity contribution in [2.24, 2.45) is 39.8 Å². The minimum absolute atomic E-state index is 0. The summed E-state index contributed by atoms with van der Waals surface area (Å²) >= 11 is 0. The number of H-pyrrole nitrogens is 1. The number of para-hydroxylation sites is 1. The number of aliphatic imine (C=N–C) groups is 1. The molecule has 5 rings (SSSR count). The molecular formula is C60H84ClN15O14. The molecule has 1 aliphatic rings. The number of nitrogens with zero attached hydrogens (tertiary/aromatic N) is 2. The molecule has 19 N–H and O–H groups in total. The van der Waals surface area contributed by atoms with Gasteiger partial charge in [-0.15, -0.1) is 12.4 Å². The highest BCUT2D eigenvalue weighted by Crippen LogP contribution is 2.22. The van der Waals surface area contributed by atoms with Crippen molar-refractivity contribution in [3.8, 4) is 5.75 Å². The lowest BCUT2D eigenvalue weighted by Gasteiger charge is -2.30. The Morgan fingerprint density at radius 1 is 0.633 bits per heavy atom. The summed E-state index contributed by atoms with van der Waals surface area (Å²) in [4.78, 5) is 159. The first-order valence-electron chi connectivity index (χ1n) is 29.3. The number of halogens is 1. The molecule has 1 fully saturated rings. The number of nitrogens with two attached hydrogens (primary N) is 4. The normalized spacial score (nSPS) is 15.0. The Hall–Kier alpha value is -9.51. The Labute approximate surface area is 526 Å². The number of phenols is 1. The second-order valence-corrected chi connectivity index (χ2v) is 22.5. The lowest BCUT2D eigenvalue weighted by Crippen LogP contribution is -2.61. The van der Waals surface area contributed by atoms with Crippen molar-refractivity contribution in [2.45, 2.75) is 140 Å². The zero-order valence-electron chi connectivity index (χ0n) is 50.7. The molecular weight excluding hydrogens is 1190 g/mol. The number of carbonyl (C=O) groups is 11. The zero-order chi connectivity index (χ0) is 65.3. The molecule has 3 aromatic carbocycles. The van der Waals surface area contributed by atoms with Crippen molar-refractivity contribution in [3.05, 3.63) is 102 Å². The molecule has 30 heteroatoms. The maximum Gasteiger partial charge on any atom is 0.408 e. The molecule has 2 heterocycles. The van der Waals surface area contributed by atoms with Crippen LogP contribution in [-0.4, -0.2) is 166 Å². The summed E-state index contributed by atoms with van der Waals surface area (Å²) in [5, 5.41) is 41.9. The summed E-state index contributed by atoms with van der Waals surface area (Å²) in [6, 6.07) is 9.79. The highest BCUT2D eigenvalue weighted by Gasteiger charge is 2.40. The molecule has 490 valence electrons. The number of alkyl carbamates (subject to hydrolysis) is 1. The predicted octanol–water partition coefficient (Wildman–Crippen LogP) is -1.11. The van der Waals surface area contributed by atoms with Crippen LogP contribution in [-0.2, 0) is 72.1 Å². The number of hydrogen-bond donors (Lipinski definition) is 15. The molecule has 1 aliphatic heterocycles. The Bertz CT molecular complexity index is 3140. The Morgan fingerprint density at radius 3 is 1.77 bits per heavy atom. The van der Waals surface area contributed by atoms with Crippen molar-refractivity contribution < 1.29 is 67.7 Å². The molecule has 11 amide bonds. The van der Waals surface area contributed by atoms with Crippen LogP contribution in [0.2, 0.25) is 0 Å². The van der Waals surface area contributed by atoms with E-state index in [4.69, 9.17) is 27.7 Å². The van der Waals surface area contributed by atoms with E-state index in [1.807, 2.05) is 13.8 Å². The second kappa shape index (κ2) is 36.1. The van der Waals surface area contributed by atoms with Crippen LogP contribution >= 0.6 is 12.4 Å². The standard InChI is InChI=1S/C60H83N15O14.ClH/c1-33(2)24-42(51(80)68-41(16-10-22-65-59(63)64)58(87)75-23-11-17-48(75)57(86)67-30-50(62)79)69-55(84)46(28-49(61)78)72-53(82)44(26-35-18-20-38(77)21-19-35)70-56(85)47(31-76)73-54(83)45(27-37-29-66-40-15-9-8-14-39(37)40)71-52(81)43(25-34(3)4)74-60(88)89-32-36-12-6-5-7-13-36;/h5-9,12-15,18-21,29,33-34,41-48,66,76-77H,10-11,16-17,22-28,30-32H2,1-4H3,(H2,61,78)(H2,62,79)(H,67,86)(H,68,80)(H,69,84)(H,70,85)(H,71,81)(H,72,82)(H,73,83)(H,74,88)(H4,63,64,65);1H/t41-,42-,43-,44-,45-,46+,47-,48-;/m0./s1. The third kappa shape index (κ3) is 23.5. The maximum atomic E-state index is 14.5. The monoisotopic (exact) mass is 1270 g/mol. The Kier molecular flexibility index (Phi) is 29.3. The van der Waals surface area contributed by atoms with E-state index >= 15 is 0 Å². The number of aliphatic hydroxyl groups is 1. The molecule has 0 aliphatic carbocycles. The van der Waals surface area contributed by atoms with Crippen molar-refractivity contribution in [1.82, 2.24) is 52.4 Å². The second-order valence-electron chi connectivity index (χ2n) is 22.5. The molecule has 8 atom stereocenters. The molecule has 1 saturated heterocycles. The van der Waals surface area contributed by atoms with Crippen molar-refractivity contribution in [3.63, 3.8) is 0 Å². The fourth-order valence-electron chi connectivity index (χ4n) is 9.91. The molecule has 0 radical (unpaired) electrons. The van der Waals surface area contributed by atoms with Crippen molar-refractivity contribution in [2.75, 3.05) is 26.2 Å². The topological polar surface area (TPSA) is 469 Å². The Morgan fingerprint density at radius 2 is 1.17 bits per heavy atom. The number of guanidine groups is 1. The largest absolute Gasteiger partial charge is 0.508 e. The number of likely N-dealkylation sites (tertiary alicyclic amines) is 1. The first kappa shape index (κ1) is 73.0. The summed E-state index contributed by atoms with van der Waals surface area (Å²) in [5.74, 6) is -9.89. The van der Waals surface area contributed by atoms with Crippen LogP contribution in [0.1, 0.15) is 89.3 Å². The smallest absolute Gasteiger partial charge is 0.408 e.